The number of hydrogen-bond acceptors (Lipinski definition) is 7. The van der Waals surface area contributed by atoms with Gasteiger partial charge in [-0.15, -0.1) is 0 Å². The topological polar surface area (TPSA) is 73.8 Å². The van der Waals surface area contributed by atoms with Gasteiger partial charge < -0.3 is 14.2 Å². The number of fused-ring (bicyclic) bond motifs is 1. The van der Waals surface area contributed by atoms with E-state index in [9.17, 15) is 4.79 Å². The second-order valence-electron chi connectivity index (χ2n) is 5.74. The van der Waals surface area contributed by atoms with Crippen molar-refractivity contribution in [2.75, 3.05) is 25.2 Å². The first-order chi connectivity index (χ1) is 13.2. The molecule has 0 bridgehead atoms. The number of ether oxygens (including phenoxy) is 3. The Morgan fingerprint density at radius 3 is 2.96 bits per heavy atom. The summed E-state index contributed by atoms with van der Waals surface area (Å²) in [6.07, 6.45) is 3.05. The second-order valence-corrected chi connectivity index (χ2v) is 6.75. The number of thiazole rings is 1. The highest BCUT2D eigenvalue weighted by Gasteiger charge is 2.26. The molecule has 1 aliphatic heterocycles. The number of carbonyl (C=O) groups excluding carboxylic acids is 1. The number of nitrogens with zero attached hydrogens (tertiary/aromatic N) is 3. The quantitative estimate of drug-likeness (QED) is 0.674. The predicted molar refractivity (Wildman–Crippen MR) is 102 cm³/mol. The fourth-order valence-electron chi connectivity index (χ4n) is 2.63. The van der Waals surface area contributed by atoms with Crippen LogP contribution in [0.25, 0.3) is 10.2 Å². The van der Waals surface area contributed by atoms with Crippen LogP contribution in [0.2, 0.25) is 0 Å². The molecule has 0 N–H and O–H groups in total. The average molecular weight is 383 g/mol. The largest absolute Gasteiger partial charge is 0.497 e. The fraction of sp³-hybridized carbons (Fsp3) is 0.211. The Morgan fingerprint density at radius 2 is 2.22 bits per heavy atom. The van der Waals surface area contributed by atoms with Crippen molar-refractivity contribution in [2.45, 2.75) is 6.54 Å². The van der Waals surface area contributed by atoms with E-state index < -0.39 is 0 Å². The van der Waals surface area contributed by atoms with Gasteiger partial charge in [-0.1, -0.05) is 17.4 Å². The zero-order valence-electron chi connectivity index (χ0n) is 14.6. The van der Waals surface area contributed by atoms with Crippen LogP contribution in [0.15, 0.2) is 54.6 Å². The molecule has 0 atom stereocenters. The minimum Gasteiger partial charge on any atom is -0.497 e. The highest BCUT2D eigenvalue weighted by Crippen LogP contribution is 2.32. The average Bonchev–Trinajstić information content (AvgIpc) is 3.15. The molecule has 0 saturated carbocycles. The summed E-state index contributed by atoms with van der Waals surface area (Å²) in [7, 11) is 1.61. The van der Waals surface area contributed by atoms with Gasteiger partial charge in [0.2, 0.25) is 5.76 Å². The first-order valence-corrected chi connectivity index (χ1v) is 9.17. The summed E-state index contributed by atoms with van der Waals surface area (Å²) in [6.45, 7) is 1.04. The lowest BCUT2D eigenvalue weighted by Gasteiger charge is -2.22. The molecule has 27 heavy (non-hydrogen) atoms. The Bertz CT molecular complexity index is 987. The molecule has 0 fully saturated rings. The van der Waals surface area contributed by atoms with Crippen LogP contribution in [-0.4, -0.2) is 36.2 Å². The summed E-state index contributed by atoms with van der Waals surface area (Å²) in [4.78, 5) is 23.6. The van der Waals surface area contributed by atoms with Gasteiger partial charge in [-0.3, -0.25) is 14.7 Å². The number of benzene rings is 1. The van der Waals surface area contributed by atoms with Crippen molar-refractivity contribution in [1.82, 2.24) is 9.97 Å². The molecule has 1 amide bonds. The number of amides is 1. The van der Waals surface area contributed by atoms with Gasteiger partial charge in [-0.25, -0.2) is 4.98 Å². The smallest absolute Gasteiger partial charge is 0.298 e. The molecule has 0 aliphatic carbocycles. The summed E-state index contributed by atoms with van der Waals surface area (Å²) < 4.78 is 16.9. The molecular formula is C19H17N3O4S. The van der Waals surface area contributed by atoms with E-state index in [2.05, 4.69) is 9.97 Å². The minimum atomic E-state index is -0.314. The van der Waals surface area contributed by atoms with Crippen LogP contribution in [0.5, 0.6) is 5.75 Å². The van der Waals surface area contributed by atoms with Gasteiger partial charge in [-0.05, 0) is 24.3 Å². The van der Waals surface area contributed by atoms with E-state index >= 15 is 0 Å². The van der Waals surface area contributed by atoms with Crippen LogP contribution in [0.4, 0.5) is 5.13 Å². The zero-order chi connectivity index (χ0) is 18.6. The Kier molecular flexibility index (Phi) is 4.88. The van der Waals surface area contributed by atoms with Gasteiger partial charge >= 0.3 is 0 Å². The molecule has 3 aromatic rings. The van der Waals surface area contributed by atoms with E-state index in [0.717, 1.165) is 15.9 Å². The first-order valence-electron chi connectivity index (χ1n) is 8.35. The molecule has 0 saturated heterocycles. The van der Waals surface area contributed by atoms with Gasteiger partial charge in [-0.2, -0.15) is 0 Å². The second kappa shape index (κ2) is 7.63. The van der Waals surface area contributed by atoms with Crippen LogP contribution >= 0.6 is 11.3 Å². The van der Waals surface area contributed by atoms with Gasteiger partial charge in [0.05, 0.1) is 29.6 Å². The normalized spacial score (nSPS) is 13.4. The molecule has 1 aliphatic rings. The van der Waals surface area contributed by atoms with Crippen LogP contribution < -0.4 is 9.64 Å². The zero-order valence-corrected chi connectivity index (χ0v) is 15.4. The van der Waals surface area contributed by atoms with Gasteiger partial charge in [0.15, 0.2) is 5.13 Å². The molecule has 2 aromatic heterocycles. The molecule has 0 unspecified atom stereocenters. The van der Waals surface area contributed by atoms with Crippen molar-refractivity contribution in [3.8, 4) is 5.75 Å². The minimum absolute atomic E-state index is 0.161. The molecule has 1 aromatic carbocycles. The van der Waals surface area contributed by atoms with E-state index in [-0.39, 0.29) is 18.2 Å². The summed E-state index contributed by atoms with van der Waals surface area (Å²) in [6, 6.07) is 11.2. The van der Waals surface area contributed by atoms with Crippen LogP contribution in [0.1, 0.15) is 5.69 Å². The van der Waals surface area contributed by atoms with E-state index in [1.807, 2.05) is 36.4 Å². The number of methoxy groups -OCH3 is 1. The predicted octanol–water partition coefficient (Wildman–Crippen LogP) is 3.12. The first kappa shape index (κ1) is 17.3. The highest BCUT2D eigenvalue weighted by atomic mass is 32.1. The van der Waals surface area contributed by atoms with Crippen molar-refractivity contribution in [2.24, 2.45) is 0 Å². The summed E-state index contributed by atoms with van der Waals surface area (Å²) >= 11 is 1.42. The molecule has 3 heterocycles. The van der Waals surface area contributed by atoms with Crippen molar-refractivity contribution < 1.29 is 19.0 Å². The van der Waals surface area contributed by atoms with E-state index in [4.69, 9.17) is 14.2 Å². The van der Waals surface area contributed by atoms with Crippen molar-refractivity contribution in [1.29, 1.82) is 0 Å². The van der Waals surface area contributed by atoms with E-state index in [1.54, 1.807) is 18.2 Å². The van der Waals surface area contributed by atoms with Crippen molar-refractivity contribution in [3.05, 3.63) is 60.3 Å². The van der Waals surface area contributed by atoms with Crippen LogP contribution in [-0.2, 0) is 20.8 Å². The van der Waals surface area contributed by atoms with E-state index in [0.29, 0.717) is 24.1 Å². The van der Waals surface area contributed by atoms with Crippen LogP contribution in [0, 0.1) is 0 Å². The van der Waals surface area contributed by atoms with Gasteiger partial charge in [0.25, 0.3) is 5.91 Å². The Balaban J connectivity index is 1.72. The lowest BCUT2D eigenvalue weighted by atomic mass is 10.3. The number of anilines is 1. The number of carbonyl (C=O) groups is 1. The molecule has 8 heteroatoms. The maximum absolute atomic E-state index is 13.1. The van der Waals surface area contributed by atoms with Gasteiger partial charge in [0.1, 0.15) is 25.2 Å². The molecular weight excluding hydrogens is 366 g/mol. The molecule has 0 spiro atoms. The SMILES string of the molecule is COc1ccc2sc(N(Cc3ccccn3)C(=O)C3=COCCO3)nc2c1. The van der Waals surface area contributed by atoms with E-state index in [1.165, 1.54) is 17.6 Å². The molecule has 0 radical (unpaired) electrons. The number of hydrogen-bond donors (Lipinski definition) is 0. The maximum Gasteiger partial charge on any atom is 0.298 e. The third-order valence-corrected chi connectivity index (χ3v) is 5.03. The Morgan fingerprint density at radius 1 is 1.30 bits per heavy atom. The third kappa shape index (κ3) is 3.70. The summed E-state index contributed by atoms with van der Waals surface area (Å²) in [5.41, 5.74) is 1.52. The van der Waals surface area contributed by atoms with Gasteiger partial charge in [0, 0.05) is 12.3 Å². The standard InChI is InChI=1S/C19H17N3O4S/c1-24-14-5-6-17-15(10-14)21-19(27-17)22(11-13-4-2-3-7-20-13)18(23)16-12-25-8-9-26-16/h2-7,10,12H,8-9,11H2,1H3. The summed E-state index contributed by atoms with van der Waals surface area (Å²) in [5.74, 6) is 0.564. The molecule has 4 rings (SSSR count). The van der Waals surface area contributed by atoms with Crippen molar-refractivity contribution >= 4 is 32.6 Å². The number of aromatic nitrogens is 2. The Hall–Kier alpha value is -3.13. The maximum atomic E-state index is 13.1. The number of pyridine rings is 1. The summed E-state index contributed by atoms with van der Waals surface area (Å²) in [5, 5.41) is 0.559. The Labute approximate surface area is 159 Å². The van der Waals surface area contributed by atoms with Crippen LogP contribution in [0.3, 0.4) is 0 Å². The number of rotatable bonds is 5. The fourth-order valence-corrected chi connectivity index (χ4v) is 3.57. The molecule has 7 nitrogen and oxygen atoms in total. The monoisotopic (exact) mass is 383 g/mol. The highest BCUT2D eigenvalue weighted by molar-refractivity contribution is 7.22. The molecule has 138 valence electrons. The third-order valence-electron chi connectivity index (χ3n) is 3.97. The lowest BCUT2D eigenvalue weighted by Crippen LogP contribution is -2.34. The van der Waals surface area contributed by atoms with Crippen molar-refractivity contribution in [3.63, 3.8) is 0 Å². The lowest BCUT2D eigenvalue weighted by molar-refractivity contribution is -0.120.